The Morgan fingerprint density at radius 1 is 1.35 bits per heavy atom. The zero-order chi connectivity index (χ0) is 18.1. The SMILES string of the molecule is CC(=O)N1c2ccccc2[C@]23CCN4CC(=CCO)[C@H](C[C@H]42)[C@H](CO)[C@H]13. The maximum atomic E-state index is 12.7. The van der Waals surface area contributed by atoms with Crippen molar-refractivity contribution in [3.63, 3.8) is 0 Å². The highest BCUT2D eigenvalue weighted by atomic mass is 16.3. The van der Waals surface area contributed by atoms with Gasteiger partial charge in [-0.1, -0.05) is 29.8 Å². The number of fused-ring (bicyclic) bond motifs is 2. The third kappa shape index (κ3) is 1.83. The number of anilines is 1. The van der Waals surface area contributed by atoms with Crippen LogP contribution in [0.2, 0.25) is 0 Å². The molecule has 1 aromatic carbocycles. The molecule has 5 nitrogen and oxygen atoms in total. The summed E-state index contributed by atoms with van der Waals surface area (Å²) in [7, 11) is 0. The van der Waals surface area contributed by atoms with Crippen molar-refractivity contribution in [2.24, 2.45) is 11.8 Å². The van der Waals surface area contributed by atoms with E-state index in [-0.39, 0.29) is 42.4 Å². The molecular formula is C21H26N2O3. The minimum Gasteiger partial charge on any atom is -0.396 e. The first-order valence-electron chi connectivity index (χ1n) is 9.67. The molecule has 2 bridgehead atoms. The molecule has 1 aromatic rings. The minimum absolute atomic E-state index is 0.00135. The van der Waals surface area contributed by atoms with Crippen molar-refractivity contribution >= 4 is 11.6 Å². The predicted molar refractivity (Wildman–Crippen MR) is 98.9 cm³/mol. The van der Waals surface area contributed by atoms with Gasteiger partial charge in [-0.25, -0.2) is 0 Å². The lowest BCUT2D eigenvalue weighted by molar-refractivity contribution is -0.118. The van der Waals surface area contributed by atoms with E-state index in [1.54, 1.807) is 6.92 Å². The van der Waals surface area contributed by atoms with Crippen molar-refractivity contribution in [1.29, 1.82) is 0 Å². The Morgan fingerprint density at radius 3 is 2.88 bits per heavy atom. The normalized spacial score (nSPS) is 39.2. The number of rotatable bonds is 2. The van der Waals surface area contributed by atoms with Crippen LogP contribution in [0.5, 0.6) is 0 Å². The van der Waals surface area contributed by atoms with Crippen molar-refractivity contribution < 1.29 is 15.0 Å². The molecule has 138 valence electrons. The number of piperidine rings is 1. The summed E-state index contributed by atoms with van der Waals surface area (Å²) in [6, 6.07) is 8.75. The highest BCUT2D eigenvalue weighted by Gasteiger charge is 2.67. The summed E-state index contributed by atoms with van der Waals surface area (Å²) < 4.78 is 0. The van der Waals surface area contributed by atoms with E-state index >= 15 is 0 Å². The third-order valence-corrected chi connectivity index (χ3v) is 7.48. The topological polar surface area (TPSA) is 64.0 Å². The molecule has 1 amide bonds. The van der Waals surface area contributed by atoms with Gasteiger partial charge in [0.15, 0.2) is 0 Å². The lowest BCUT2D eigenvalue weighted by Gasteiger charge is -2.56. The number of carbonyl (C=O) groups excluding carboxylic acids is 1. The number of hydrogen-bond donors (Lipinski definition) is 2. The zero-order valence-corrected chi connectivity index (χ0v) is 15.1. The van der Waals surface area contributed by atoms with Crippen molar-refractivity contribution in [1.82, 2.24) is 4.90 Å². The maximum absolute atomic E-state index is 12.7. The lowest BCUT2D eigenvalue weighted by atomic mass is 9.55. The van der Waals surface area contributed by atoms with E-state index in [0.29, 0.717) is 6.04 Å². The van der Waals surface area contributed by atoms with E-state index in [9.17, 15) is 15.0 Å². The number of aliphatic hydroxyl groups is 2. The molecule has 26 heavy (non-hydrogen) atoms. The highest BCUT2D eigenvalue weighted by molar-refractivity contribution is 5.96. The van der Waals surface area contributed by atoms with Crippen LogP contribution in [0.25, 0.3) is 0 Å². The first-order valence-corrected chi connectivity index (χ1v) is 9.67. The van der Waals surface area contributed by atoms with E-state index in [2.05, 4.69) is 23.1 Å². The van der Waals surface area contributed by atoms with Gasteiger partial charge in [0.05, 0.1) is 12.6 Å². The van der Waals surface area contributed by atoms with Gasteiger partial charge in [-0.15, -0.1) is 0 Å². The van der Waals surface area contributed by atoms with Gasteiger partial charge < -0.3 is 15.1 Å². The summed E-state index contributed by atoms with van der Waals surface area (Å²) in [6.07, 6.45) is 3.96. The Bertz CT molecular complexity index is 791. The summed E-state index contributed by atoms with van der Waals surface area (Å²) in [6.45, 7) is 3.64. The van der Waals surface area contributed by atoms with Gasteiger partial charge in [0.2, 0.25) is 5.91 Å². The van der Waals surface area contributed by atoms with Crippen molar-refractivity contribution in [3.8, 4) is 0 Å². The number of nitrogens with zero attached hydrogens (tertiary/aromatic N) is 2. The molecule has 1 spiro atoms. The molecular weight excluding hydrogens is 328 g/mol. The molecule has 3 fully saturated rings. The Balaban J connectivity index is 1.74. The molecule has 5 heteroatoms. The predicted octanol–water partition coefficient (Wildman–Crippen LogP) is 1.29. The summed E-state index contributed by atoms with van der Waals surface area (Å²) in [5, 5.41) is 19.9. The Kier molecular flexibility index (Phi) is 3.58. The van der Waals surface area contributed by atoms with E-state index in [0.717, 1.165) is 31.6 Å². The number of benzene rings is 1. The fourth-order valence-electron chi connectivity index (χ4n) is 6.71. The number of amides is 1. The average Bonchev–Trinajstić information content (AvgIpc) is 3.17. The molecule has 3 aliphatic heterocycles. The molecule has 0 unspecified atom stereocenters. The fraction of sp³-hybridized carbons (Fsp3) is 0.571. The average molecular weight is 354 g/mol. The first kappa shape index (κ1) is 16.5. The van der Waals surface area contributed by atoms with Crippen molar-refractivity contribution in [3.05, 3.63) is 41.5 Å². The van der Waals surface area contributed by atoms with Crippen molar-refractivity contribution in [2.45, 2.75) is 37.3 Å². The van der Waals surface area contributed by atoms with E-state index in [1.807, 2.05) is 17.0 Å². The van der Waals surface area contributed by atoms with Crippen LogP contribution in [0.3, 0.4) is 0 Å². The minimum atomic E-state index is -0.0725. The smallest absolute Gasteiger partial charge is 0.224 e. The van der Waals surface area contributed by atoms with Gasteiger partial charge in [0.1, 0.15) is 0 Å². The fourth-order valence-corrected chi connectivity index (χ4v) is 6.71. The van der Waals surface area contributed by atoms with Crippen LogP contribution in [-0.4, -0.2) is 59.4 Å². The van der Waals surface area contributed by atoms with Gasteiger partial charge in [-0.2, -0.15) is 0 Å². The molecule has 5 atom stereocenters. The Morgan fingerprint density at radius 2 is 2.15 bits per heavy atom. The van der Waals surface area contributed by atoms with Crippen LogP contribution in [0.4, 0.5) is 5.69 Å². The monoisotopic (exact) mass is 354 g/mol. The first-order chi connectivity index (χ1) is 12.6. The van der Waals surface area contributed by atoms with E-state index in [1.165, 1.54) is 11.1 Å². The molecule has 0 radical (unpaired) electrons. The lowest BCUT2D eigenvalue weighted by Crippen LogP contribution is -2.65. The maximum Gasteiger partial charge on any atom is 0.224 e. The van der Waals surface area contributed by atoms with Gasteiger partial charge in [-0.05, 0) is 36.9 Å². The molecule has 5 rings (SSSR count). The molecule has 1 saturated carbocycles. The summed E-state index contributed by atoms with van der Waals surface area (Å²) in [5.41, 5.74) is 3.49. The van der Waals surface area contributed by atoms with Crippen LogP contribution < -0.4 is 4.90 Å². The van der Waals surface area contributed by atoms with Gasteiger partial charge >= 0.3 is 0 Å². The molecule has 0 aromatic heterocycles. The Labute approximate surface area is 153 Å². The second-order valence-electron chi connectivity index (χ2n) is 8.28. The number of carbonyl (C=O) groups is 1. The molecule has 1 aliphatic carbocycles. The molecule has 2 N–H and O–H groups in total. The summed E-state index contributed by atoms with van der Waals surface area (Å²) in [5.74, 6) is 0.310. The molecule has 2 saturated heterocycles. The second-order valence-corrected chi connectivity index (χ2v) is 8.28. The van der Waals surface area contributed by atoms with Gasteiger partial charge in [-0.3, -0.25) is 9.69 Å². The van der Waals surface area contributed by atoms with Crippen LogP contribution in [-0.2, 0) is 10.2 Å². The third-order valence-electron chi connectivity index (χ3n) is 7.48. The summed E-state index contributed by atoms with van der Waals surface area (Å²) in [4.78, 5) is 17.2. The van der Waals surface area contributed by atoms with Crippen LogP contribution >= 0.6 is 0 Å². The number of hydrogen-bond acceptors (Lipinski definition) is 4. The van der Waals surface area contributed by atoms with E-state index < -0.39 is 0 Å². The van der Waals surface area contributed by atoms with E-state index in [4.69, 9.17) is 0 Å². The largest absolute Gasteiger partial charge is 0.396 e. The number of aliphatic hydroxyl groups excluding tert-OH is 2. The van der Waals surface area contributed by atoms with Crippen LogP contribution in [0, 0.1) is 11.8 Å². The van der Waals surface area contributed by atoms with Crippen molar-refractivity contribution in [2.75, 3.05) is 31.2 Å². The molecule has 3 heterocycles. The van der Waals surface area contributed by atoms with Crippen LogP contribution in [0.1, 0.15) is 25.3 Å². The Hall–Kier alpha value is -1.69. The van der Waals surface area contributed by atoms with Crippen LogP contribution in [0.15, 0.2) is 35.9 Å². The second kappa shape index (κ2) is 5.65. The van der Waals surface area contributed by atoms with Gasteiger partial charge in [0.25, 0.3) is 0 Å². The quantitative estimate of drug-likeness (QED) is 0.786. The summed E-state index contributed by atoms with van der Waals surface area (Å²) >= 11 is 0. The molecule has 4 aliphatic rings. The highest BCUT2D eigenvalue weighted by Crippen LogP contribution is 2.63. The zero-order valence-electron chi connectivity index (χ0n) is 15.1. The standard InChI is InChI=1S/C21H26N2O3/c1-13(26)23-18-5-3-2-4-17(18)21-7-8-22-11-14(6-9-24)15(10-19(21)22)16(12-25)20(21)23/h2-6,15-16,19-20,24-25H,7-12H2,1H3/t15-,16-,19-,20-,21+/m0/s1. The van der Waals surface area contributed by atoms with Gasteiger partial charge in [0, 0.05) is 43.1 Å². The number of para-hydroxylation sites is 1.